The lowest BCUT2D eigenvalue weighted by atomic mass is 10.3. The van der Waals surface area contributed by atoms with Crippen LogP contribution in [0.2, 0.25) is 0 Å². The van der Waals surface area contributed by atoms with Gasteiger partial charge in [0.1, 0.15) is 5.82 Å². The van der Waals surface area contributed by atoms with Crippen molar-refractivity contribution in [1.29, 1.82) is 0 Å². The van der Waals surface area contributed by atoms with Gasteiger partial charge in [0.05, 0.1) is 11.2 Å². The number of nitrogens with zero attached hydrogens (tertiary/aromatic N) is 1. The molecule has 0 radical (unpaired) electrons. The summed E-state index contributed by atoms with van der Waals surface area (Å²) < 4.78 is 0. The summed E-state index contributed by atoms with van der Waals surface area (Å²) in [7, 11) is 0. The first-order valence-corrected chi connectivity index (χ1v) is 3.97. The van der Waals surface area contributed by atoms with Crippen LogP contribution in [0.15, 0.2) is 12.4 Å². The van der Waals surface area contributed by atoms with E-state index < -0.39 is 5.97 Å². The fourth-order valence-corrected chi connectivity index (χ4v) is 1.23. The van der Waals surface area contributed by atoms with Crippen molar-refractivity contribution < 1.29 is 9.90 Å². The first kappa shape index (κ1) is 8.26. The molecule has 5 heteroatoms. The van der Waals surface area contributed by atoms with Crippen molar-refractivity contribution in [3.63, 3.8) is 0 Å². The Morgan fingerprint density at radius 2 is 2.64 bits per heavy atom. The summed E-state index contributed by atoms with van der Waals surface area (Å²) in [6.07, 6.45) is 3.28. The molecule has 1 unspecified atom stereocenters. The Kier molecular flexibility index (Phi) is 2.64. The van der Waals surface area contributed by atoms with Crippen molar-refractivity contribution >= 4 is 21.9 Å². The van der Waals surface area contributed by atoms with Crippen molar-refractivity contribution in [3.05, 3.63) is 18.2 Å². The lowest BCUT2D eigenvalue weighted by Crippen LogP contribution is -2.01. The number of carboxylic acid groups (broad SMARTS) is 1. The van der Waals surface area contributed by atoms with E-state index in [0.717, 1.165) is 0 Å². The molecule has 0 aromatic carbocycles. The van der Waals surface area contributed by atoms with Crippen LogP contribution in [0.1, 0.15) is 17.1 Å². The number of carbonyl (C=O) groups is 1. The van der Waals surface area contributed by atoms with Crippen LogP contribution in [0.3, 0.4) is 0 Å². The van der Waals surface area contributed by atoms with Gasteiger partial charge in [0.25, 0.3) is 0 Å². The molecule has 4 nitrogen and oxygen atoms in total. The molecule has 0 bridgehead atoms. The van der Waals surface area contributed by atoms with Gasteiger partial charge < -0.3 is 10.1 Å². The number of halogens is 1. The van der Waals surface area contributed by atoms with Crippen molar-refractivity contribution in [2.24, 2.45) is 0 Å². The number of aromatic nitrogens is 2. The fourth-order valence-electron chi connectivity index (χ4n) is 0.699. The highest BCUT2D eigenvalue weighted by molar-refractivity contribution is 9.09. The average Bonchev–Trinajstić information content (AvgIpc) is 2.35. The molecule has 0 spiro atoms. The number of hydrogen-bond acceptors (Lipinski definition) is 2. The lowest BCUT2D eigenvalue weighted by Gasteiger charge is -2.00. The molecule has 1 heterocycles. The van der Waals surface area contributed by atoms with E-state index in [-0.39, 0.29) is 11.2 Å². The lowest BCUT2D eigenvalue weighted by molar-refractivity contribution is -0.137. The van der Waals surface area contributed by atoms with Crippen LogP contribution < -0.4 is 0 Å². The van der Waals surface area contributed by atoms with Gasteiger partial charge in [-0.3, -0.25) is 4.79 Å². The number of nitrogens with one attached hydrogen (secondary N) is 1. The Morgan fingerprint density at radius 1 is 1.91 bits per heavy atom. The topological polar surface area (TPSA) is 66.0 Å². The van der Waals surface area contributed by atoms with Gasteiger partial charge in [-0.1, -0.05) is 15.9 Å². The number of hydrogen-bond donors (Lipinski definition) is 2. The highest BCUT2D eigenvalue weighted by Crippen LogP contribution is 2.22. The molecular weight excluding hydrogens is 212 g/mol. The molecule has 0 aliphatic carbocycles. The maximum absolute atomic E-state index is 10.2. The fraction of sp³-hybridized carbons (Fsp3) is 0.333. The number of carboxylic acids is 1. The Bertz CT molecular complexity index is 235. The number of rotatable bonds is 3. The summed E-state index contributed by atoms with van der Waals surface area (Å²) in [5.41, 5.74) is 0. The third-order valence-electron chi connectivity index (χ3n) is 1.17. The van der Waals surface area contributed by atoms with Gasteiger partial charge in [0, 0.05) is 12.4 Å². The molecule has 0 aliphatic heterocycles. The molecular formula is C6H7BrN2O2. The SMILES string of the molecule is O=C(O)CC(Br)c1ncc[nH]1. The summed E-state index contributed by atoms with van der Waals surface area (Å²) >= 11 is 3.19. The van der Waals surface area contributed by atoms with Gasteiger partial charge in [0.15, 0.2) is 0 Å². The molecule has 1 atom stereocenters. The van der Waals surface area contributed by atoms with E-state index in [2.05, 4.69) is 25.9 Å². The number of alkyl halides is 1. The smallest absolute Gasteiger partial charge is 0.304 e. The largest absolute Gasteiger partial charge is 0.481 e. The second kappa shape index (κ2) is 3.52. The van der Waals surface area contributed by atoms with Crippen molar-refractivity contribution in [2.75, 3.05) is 0 Å². The third-order valence-corrected chi connectivity index (χ3v) is 1.93. The molecule has 0 fully saturated rings. The Morgan fingerprint density at radius 3 is 3.09 bits per heavy atom. The minimum atomic E-state index is -0.844. The van der Waals surface area contributed by atoms with Crippen molar-refractivity contribution in [3.8, 4) is 0 Å². The van der Waals surface area contributed by atoms with Gasteiger partial charge in [-0.2, -0.15) is 0 Å². The van der Waals surface area contributed by atoms with Gasteiger partial charge >= 0.3 is 5.97 Å². The van der Waals surface area contributed by atoms with Crippen LogP contribution in [0.25, 0.3) is 0 Å². The van der Waals surface area contributed by atoms with E-state index in [0.29, 0.717) is 5.82 Å². The minimum absolute atomic E-state index is 0.0352. The molecule has 1 aromatic heterocycles. The molecule has 1 rings (SSSR count). The molecule has 2 N–H and O–H groups in total. The molecule has 60 valence electrons. The highest BCUT2D eigenvalue weighted by Gasteiger charge is 2.13. The maximum atomic E-state index is 10.2. The first-order valence-electron chi connectivity index (χ1n) is 3.05. The summed E-state index contributed by atoms with van der Waals surface area (Å²) in [4.78, 5) is 16.7. The van der Waals surface area contributed by atoms with Crippen molar-refractivity contribution in [2.45, 2.75) is 11.2 Å². The third kappa shape index (κ3) is 2.34. The molecule has 0 saturated carbocycles. The van der Waals surface area contributed by atoms with E-state index in [1.54, 1.807) is 12.4 Å². The summed E-state index contributed by atoms with van der Waals surface area (Å²) in [5, 5.41) is 8.41. The Balaban J connectivity index is 2.56. The average molecular weight is 219 g/mol. The second-order valence-electron chi connectivity index (χ2n) is 2.04. The van der Waals surface area contributed by atoms with Crippen LogP contribution in [0, 0.1) is 0 Å². The van der Waals surface area contributed by atoms with E-state index in [4.69, 9.17) is 5.11 Å². The predicted molar refractivity (Wildman–Crippen MR) is 42.5 cm³/mol. The Hall–Kier alpha value is -0.840. The van der Waals surface area contributed by atoms with Gasteiger partial charge in [-0.05, 0) is 0 Å². The van der Waals surface area contributed by atoms with E-state index >= 15 is 0 Å². The number of imidazole rings is 1. The van der Waals surface area contributed by atoms with Gasteiger partial charge in [0.2, 0.25) is 0 Å². The Labute approximate surface area is 71.8 Å². The summed E-state index contributed by atoms with van der Waals surface area (Å²) in [5.74, 6) is -0.198. The molecule has 11 heavy (non-hydrogen) atoms. The normalized spacial score (nSPS) is 12.8. The molecule has 0 saturated heterocycles. The standard InChI is InChI=1S/C6H7BrN2O2/c7-4(3-5(10)11)6-8-1-2-9-6/h1-2,4H,3H2,(H,8,9)(H,10,11). The highest BCUT2D eigenvalue weighted by atomic mass is 79.9. The zero-order chi connectivity index (χ0) is 8.27. The monoisotopic (exact) mass is 218 g/mol. The molecule has 0 aliphatic rings. The predicted octanol–water partition coefficient (Wildman–Crippen LogP) is 1.32. The zero-order valence-electron chi connectivity index (χ0n) is 5.62. The van der Waals surface area contributed by atoms with Crippen molar-refractivity contribution in [1.82, 2.24) is 9.97 Å². The quantitative estimate of drug-likeness (QED) is 0.753. The summed E-state index contributed by atoms with van der Waals surface area (Å²) in [6, 6.07) is 0. The zero-order valence-corrected chi connectivity index (χ0v) is 7.21. The summed E-state index contributed by atoms with van der Waals surface area (Å²) in [6.45, 7) is 0. The van der Waals surface area contributed by atoms with Crippen LogP contribution in [-0.2, 0) is 4.79 Å². The van der Waals surface area contributed by atoms with Crippen LogP contribution in [0.4, 0.5) is 0 Å². The molecule has 1 aromatic rings. The second-order valence-corrected chi connectivity index (χ2v) is 3.15. The van der Waals surface area contributed by atoms with E-state index in [1.807, 2.05) is 0 Å². The van der Waals surface area contributed by atoms with E-state index in [9.17, 15) is 4.79 Å². The van der Waals surface area contributed by atoms with Gasteiger partial charge in [-0.25, -0.2) is 4.98 Å². The van der Waals surface area contributed by atoms with Crippen LogP contribution in [-0.4, -0.2) is 21.0 Å². The number of aliphatic carboxylic acids is 1. The van der Waals surface area contributed by atoms with Crippen LogP contribution >= 0.6 is 15.9 Å². The van der Waals surface area contributed by atoms with Gasteiger partial charge in [-0.15, -0.1) is 0 Å². The van der Waals surface area contributed by atoms with Crippen LogP contribution in [0.5, 0.6) is 0 Å². The first-order chi connectivity index (χ1) is 5.20. The maximum Gasteiger partial charge on any atom is 0.304 e. The molecule has 0 amide bonds. The minimum Gasteiger partial charge on any atom is -0.481 e. The van der Waals surface area contributed by atoms with E-state index in [1.165, 1.54) is 0 Å². The number of H-pyrrole nitrogens is 1. The number of aromatic amines is 1.